The molecule has 0 saturated carbocycles. The van der Waals surface area contributed by atoms with E-state index in [1.807, 2.05) is 48.5 Å². The lowest BCUT2D eigenvalue weighted by atomic mass is 10.1. The molecule has 0 amide bonds. The Morgan fingerprint density at radius 2 is 0.800 bits per heavy atom. The average Bonchev–Trinajstić information content (AvgIpc) is 2.75. The van der Waals surface area contributed by atoms with Gasteiger partial charge in [-0.25, -0.2) is 0 Å². The molecule has 6 nitrogen and oxygen atoms in total. The van der Waals surface area contributed by atoms with Gasteiger partial charge in [0.25, 0.3) is 0 Å². The van der Waals surface area contributed by atoms with Gasteiger partial charge in [-0.05, 0) is 59.7 Å². The highest BCUT2D eigenvalue weighted by Crippen LogP contribution is 2.32. The van der Waals surface area contributed by atoms with Crippen LogP contribution in [0.1, 0.15) is 0 Å². The number of hydrogen-bond donors (Lipinski definition) is 4. The number of phenolic OH excluding ortho intramolecular Hbond substituents is 2. The standard InChI is InChI=1S/C24H20N2O4/c25-21-11-9-19(13-23(21)27)29-17-5-1-15(2-6-17)16-3-7-18(8-4-16)30-20-10-12-22(26)24(28)14-20/h1-14,27-28H,25-26H2. The highest BCUT2D eigenvalue weighted by molar-refractivity contribution is 5.65. The summed E-state index contributed by atoms with van der Waals surface area (Å²) in [4.78, 5) is 0. The normalized spacial score (nSPS) is 10.5. The third kappa shape index (κ3) is 4.23. The predicted molar refractivity (Wildman–Crippen MR) is 117 cm³/mol. The van der Waals surface area contributed by atoms with Gasteiger partial charge in [-0.3, -0.25) is 0 Å². The first-order valence-electron chi connectivity index (χ1n) is 9.21. The van der Waals surface area contributed by atoms with Crippen LogP contribution in [-0.4, -0.2) is 10.2 Å². The van der Waals surface area contributed by atoms with Crippen molar-refractivity contribution in [1.82, 2.24) is 0 Å². The SMILES string of the molecule is Nc1ccc(Oc2ccc(-c3ccc(Oc4ccc(N)c(O)c4)cc3)cc2)cc1O. The summed E-state index contributed by atoms with van der Waals surface area (Å²) < 4.78 is 11.5. The molecule has 0 aliphatic heterocycles. The summed E-state index contributed by atoms with van der Waals surface area (Å²) in [7, 11) is 0. The van der Waals surface area contributed by atoms with Crippen LogP contribution in [0.3, 0.4) is 0 Å². The minimum Gasteiger partial charge on any atom is -0.506 e. The van der Waals surface area contributed by atoms with Crippen LogP contribution in [0.4, 0.5) is 11.4 Å². The zero-order chi connectivity index (χ0) is 21.1. The van der Waals surface area contributed by atoms with Crippen molar-refractivity contribution < 1.29 is 19.7 Å². The van der Waals surface area contributed by atoms with Gasteiger partial charge in [0.05, 0.1) is 11.4 Å². The summed E-state index contributed by atoms with van der Waals surface area (Å²) in [5.74, 6) is 2.27. The zero-order valence-corrected chi connectivity index (χ0v) is 15.9. The molecule has 0 aromatic heterocycles. The second-order valence-electron chi connectivity index (χ2n) is 6.69. The lowest BCUT2D eigenvalue weighted by molar-refractivity contribution is 0.456. The Kier molecular flexibility index (Phi) is 5.05. The molecule has 6 heteroatoms. The van der Waals surface area contributed by atoms with Crippen molar-refractivity contribution in [2.24, 2.45) is 0 Å². The third-order valence-electron chi connectivity index (χ3n) is 4.52. The molecule has 0 aliphatic rings. The number of ether oxygens (including phenoxy) is 2. The highest BCUT2D eigenvalue weighted by atomic mass is 16.5. The minimum absolute atomic E-state index is 0.0133. The summed E-state index contributed by atoms with van der Waals surface area (Å²) in [6.07, 6.45) is 0. The summed E-state index contributed by atoms with van der Waals surface area (Å²) in [6.45, 7) is 0. The summed E-state index contributed by atoms with van der Waals surface area (Å²) in [5.41, 5.74) is 13.8. The number of rotatable bonds is 5. The lowest BCUT2D eigenvalue weighted by Crippen LogP contribution is -1.89. The van der Waals surface area contributed by atoms with Crippen LogP contribution in [0.5, 0.6) is 34.5 Å². The van der Waals surface area contributed by atoms with Gasteiger partial charge >= 0.3 is 0 Å². The van der Waals surface area contributed by atoms with E-state index in [2.05, 4.69) is 0 Å². The van der Waals surface area contributed by atoms with E-state index in [0.29, 0.717) is 34.4 Å². The van der Waals surface area contributed by atoms with Crippen molar-refractivity contribution in [3.63, 3.8) is 0 Å². The predicted octanol–water partition coefficient (Wildman–Crippen LogP) is 5.51. The van der Waals surface area contributed by atoms with Gasteiger partial charge in [-0.1, -0.05) is 24.3 Å². The van der Waals surface area contributed by atoms with Crippen LogP contribution in [0.15, 0.2) is 84.9 Å². The van der Waals surface area contributed by atoms with Crippen LogP contribution in [0, 0.1) is 0 Å². The number of benzene rings is 4. The van der Waals surface area contributed by atoms with Crippen molar-refractivity contribution in [1.29, 1.82) is 0 Å². The van der Waals surface area contributed by atoms with E-state index in [4.69, 9.17) is 20.9 Å². The second kappa shape index (κ2) is 7.97. The maximum Gasteiger partial charge on any atom is 0.142 e. The Morgan fingerprint density at radius 3 is 1.13 bits per heavy atom. The second-order valence-corrected chi connectivity index (χ2v) is 6.69. The fourth-order valence-corrected chi connectivity index (χ4v) is 2.88. The molecule has 0 unspecified atom stereocenters. The first-order valence-corrected chi connectivity index (χ1v) is 9.21. The topological polar surface area (TPSA) is 111 Å². The first kappa shape index (κ1) is 19.0. The van der Waals surface area contributed by atoms with Gasteiger partial charge in [0.2, 0.25) is 0 Å². The fraction of sp³-hybridized carbons (Fsp3) is 0. The van der Waals surface area contributed by atoms with E-state index in [0.717, 1.165) is 11.1 Å². The maximum absolute atomic E-state index is 9.68. The third-order valence-corrected chi connectivity index (χ3v) is 4.52. The van der Waals surface area contributed by atoms with Crippen molar-refractivity contribution >= 4 is 11.4 Å². The van der Waals surface area contributed by atoms with Gasteiger partial charge in [-0.2, -0.15) is 0 Å². The van der Waals surface area contributed by atoms with E-state index in [-0.39, 0.29) is 11.5 Å². The Bertz CT molecular complexity index is 1080. The average molecular weight is 400 g/mol. The van der Waals surface area contributed by atoms with Crippen LogP contribution in [0.25, 0.3) is 11.1 Å². The van der Waals surface area contributed by atoms with Crippen LogP contribution >= 0.6 is 0 Å². The number of aromatic hydroxyl groups is 2. The van der Waals surface area contributed by atoms with E-state index in [9.17, 15) is 10.2 Å². The van der Waals surface area contributed by atoms with Crippen LogP contribution in [-0.2, 0) is 0 Å². The minimum atomic E-state index is -0.0133. The summed E-state index contributed by atoms with van der Waals surface area (Å²) in [5, 5.41) is 19.4. The Hall–Kier alpha value is -4.32. The molecule has 4 aromatic rings. The molecule has 0 aliphatic carbocycles. The first-order chi connectivity index (χ1) is 14.5. The molecule has 0 bridgehead atoms. The molecule has 150 valence electrons. The molecule has 0 saturated heterocycles. The zero-order valence-electron chi connectivity index (χ0n) is 15.9. The number of phenols is 2. The number of hydrogen-bond acceptors (Lipinski definition) is 6. The van der Waals surface area contributed by atoms with E-state index >= 15 is 0 Å². The highest BCUT2D eigenvalue weighted by Gasteiger charge is 2.05. The maximum atomic E-state index is 9.68. The molecule has 0 radical (unpaired) electrons. The van der Waals surface area contributed by atoms with Crippen molar-refractivity contribution in [3.05, 3.63) is 84.9 Å². The lowest BCUT2D eigenvalue weighted by Gasteiger charge is -2.10. The number of nitrogen functional groups attached to an aromatic ring is 2. The van der Waals surface area contributed by atoms with Gasteiger partial charge < -0.3 is 31.2 Å². The van der Waals surface area contributed by atoms with Crippen LogP contribution in [0.2, 0.25) is 0 Å². The van der Waals surface area contributed by atoms with Gasteiger partial charge in [0, 0.05) is 12.1 Å². The monoisotopic (exact) mass is 400 g/mol. The molecule has 0 spiro atoms. The summed E-state index contributed by atoms with van der Waals surface area (Å²) >= 11 is 0. The van der Waals surface area contributed by atoms with Crippen LogP contribution < -0.4 is 20.9 Å². The van der Waals surface area contributed by atoms with Crippen molar-refractivity contribution in [2.45, 2.75) is 0 Å². The molecular weight excluding hydrogens is 380 g/mol. The fourth-order valence-electron chi connectivity index (χ4n) is 2.88. The number of nitrogens with two attached hydrogens (primary N) is 2. The van der Waals surface area contributed by atoms with Gasteiger partial charge in [0.1, 0.15) is 34.5 Å². The molecular formula is C24H20N2O4. The van der Waals surface area contributed by atoms with Gasteiger partial charge in [-0.15, -0.1) is 0 Å². The summed E-state index contributed by atoms with van der Waals surface area (Å²) in [6, 6.07) is 24.7. The Labute approximate surface area is 173 Å². The molecule has 0 fully saturated rings. The van der Waals surface area contributed by atoms with Gasteiger partial charge in [0.15, 0.2) is 0 Å². The van der Waals surface area contributed by atoms with Crippen molar-refractivity contribution in [3.8, 4) is 45.6 Å². The smallest absolute Gasteiger partial charge is 0.142 e. The Morgan fingerprint density at radius 1 is 0.467 bits per heavy atom. The van der Waals surface area contributed by atoms with E-state index in [1.165, 1.54) is 12.1 Å². The molecule has 6 N–H and O–H groups in total. The molecule has 4 rings (SSSR count). The molecule has 0 atom stereocenters. The van der Waals surface area contributed by atoms with E-state index < -0.39 is 0 Å². The molecule has 30 heavy (non-hydrogen) atoms. The quantitative estimate of drug-likeness (QED) is 0.259. The molecule has 0 heterocycles. The molecule has 4 aromatic carbocycles. The van der Waals surface area contributed by atoms with Crippen molar-refractivity contribution in [2.75, 3.05) is 11.5 Å². The largest absolute Gasteiger partial charge is 0.506 e. The van der Waals surface area contributed by atoms with E-state index in [1.54, 1.807) is 24.3 Å². The Balaban J connectivity index is 1.44. The number of anilines is 2.